The maximum absolute atomic E-state index is 12.7. The van der Waals surface area contributed by atoms with Gasteiger partial charge in [0.25, 0.3) is 0 Å². The molecule has 24 heavy (non-hydrogen) atoms. The molecule has 1 amide bonds. The summed E-state index contributed by atoms with van der Waals surface area (Å²) in [6.45, 7) is 2.32. The zero-order valence-corrected chi connectivity index (χ0v) is 14.0. The van der Waals surface area contributed by atoms with Gasteiger partial charge in [-0.3, -0.25) is 9.89 Å². The molecule has 0 spiro atoms. The highest BCUT2D eigenvalue weighted by atomic mass is 35.5. The molecule has 0 aliphatic heterocycles. The topological polar surface area (TPSA) is 96.7 Å². The van der Waals surface area contributed by atoms with E-state index in [2.05, 4.69) is 20.5 Å². The molecule has 0 bridgehead atoms. The van der Waals surface area contributed by atoms with Gasteiger partial charge in [-0.15, -0.1) is 0 Å². The first-order valence-electron chi connectivity index (χ1n) is 7.66. The summed E-state index contributed by atoms with van der Waals surface area (Å²) in [5.74, 6) is -0.606. The number of carbonyl (C=O) groups excluding carboxylic acids is 1. The van der Waals surface area contributed by atoms with Crippen molar-refractivity contribution < 1.29 is 4.79 Å². The Bertz CT molecular complexity index is 876. The summed E-state index contributed by atoms with van der Waals surface area (Å²) in [6, 6.07) is 10.8. The van der Waals surface area contributed by atoms with Crippen molar-refractivity contribution in [2.75, 3.05) is 11.9 Å². The number of nitrogens with zero attached hydrogens (tertiary/aromatic N) is 2. The van der Waals surface area contributed by atoms with E-state index in [-0.39, 0.29) is 5.91 Å². The Morgan fingerprint density at radius 1 is 1.38 bits per heavy atom. The van der Waals surface area contributed by atoms with Gasteiger partial charge in [-0.2, -0.15) is 5.10 Å². The molecule has 1 atom stereocenters. The van der Waals surface area contributed by atoms with Crippen LogP contribution < -0.4 is 11.1 Å². The summed E-state index contributed by atoms with van der Waals surface area (Å²) in [5, 5.41) is 11.4. The van der Waals surface area contributed by atoms with Crippen molar-refractivity contribution in [3.05, 3.63) is 52.9 Å². The Morgan fingerprint density at radius 2 is 2.21 bits per heavy atom. The highest BCUT2D eigenvalue weighted by molar-refractivity contribution is 6.29. The molecular weight excluding hydrogens is 326 g/mol. The molecular formula is C17H18ClN5O. The van der Waals surface area contributed by atoms with Gasteiger partial charge in [0, 0.05) is 16.8 Å². The van der Waals surface area contributed by atoms with Gasteiger partial charge in [0.2, 0.25) is 5.91 Å². The van der Waals surface area contributed by atoms with Crippen LogP contribution in [-0.2, 0) is 4.79 Å². The third kappa shape index (κ3) is 3.39. The molecule has 0 aliphatic rings. The predicted molar refractivity (Wildman–Crippen MR) is 95.1 cm³/mol. The average molecular weight is 344 g/mol. The van der Waals surface area contributed by atoms with Gasteiger partial charge in [0.15, 0.2) is 0 Å². The van der Waals surface area contributed by atoms with Crippen LogP contribution in [0.3, 0.4) is 0 Å². The SMILES string of the molecule is Cc1[nH]nc2ccc(NC(=O)C(CCN)c3cccc(Cl)n3)cc12. The lowest BCUT2D eigenvalue weighted by Gasteiger charge is -2.16. The fraction of sp³-hybridized carbons (Fsp3) is 0.235. The molecule has 0 saturated carbocycles. The largest absolute Gasteiger partial charge is 0.330 e. The molecule has 7 heteroatoms. The zero-order valence-electron chi connectivity index (χ0n) is 13.2. The predicted octanol–water partition coefficient (Wildman–Crippen LogP) is 2.99. The number of nitrogens with two attached hydrogens (primary N) is 1. The van der Waals surface area contributed by atoms with Gasteiger partial charge in [-0.1, -0.05) is 17.7 Å². The fourth-order valence-electron chi connectivity index (χ4n) is 2.64. The fourth-order valence-corrected chi connectivity index (χ4v) is 2.81. The first-order valence-corrected chi connectivity index (χ1v) is 8.04. The lowest BCUT2D eigenvalue weighted by atomic mass is 9.99. The van der Waals surface area contributed by atoms with E-state index in [1.54, 1.807) is 18.2 Å². The summed E-state index contributed by atoms with van der Waals surface area (Å²) in [6.07, 6.45) is 0.492. The number of benzene rings is 1. The number of carbonyl (C=O) groups is 1. The molecule has 2 heterocycles. The summed E-state index contributed by atoms with van der Waals surface area (Å²) in [7, 11) is 0. The Morgan fingerprint density at radius 3 is 2.96 bits per heavy atom. The number of nitrogens with one attached hydrogen (secondary N) is 2. The Kier molecular flexibility index (Phi) is 4.78. The van der Waals surface area contributed by atoms with E-state index >= 15 is 0 Å². The Balaban J connectivity index is 1.85. The molecule has 1 aromatic carbocycles. The normalized spacial score (nSPS) is 12.3. The molecule has 1 unspecified atom stereocenters. The number of aromatic nitrogens is 3. The first-order chi connectivity index (χ1) is 11.6. The molecule has 0 fully saturated rings. The minimum Gasteiger partial charge on any atom is -0.330 e. The van der Waals surface area contributed by atoms with E-state index in [0.29, 0.717) is 29.5 Å². The molecule has 124 valence electrons. The number of fused-ring (bicyclic) bond motifs is 1. The molecule has 0 saturated heterocycles. The Hall–Kier alpha value is -2.44. The van der Waals surface area contributed by atoms with Crippen LogP contribution in [-0.4, -0.2) is 27.6 Å². The van der Waals surface area contributed by atoms with Crippen molar-refractivity contribution in [3.8, 4) is 0 Å². The van der Waals surface area contributed by atoms with E-state index in [4.69, 9.17) is 17.3 Å². The minimum atomic E-state index is -0.449. The van der Waals surface area contributed by atoms with Gasteiger partial charge >= 0.3 is 0 Å². The lowest BCUT2D eigenvalue weighted by molar-refractivity contribution is -0.117. The maximum atomic E-state index is 12.7. The third-order valence-corrected chi connectivity index (χ3v) is 4.09. The zero-order chi connectivity index (χ0) is 17.1. The first kappa shape index (κ1) is 16.4. The van der Waals surface area contributed by atoms with Gasteiger partial charge in [-0.05, 0) is 50.2 Å². The van der Waals surface area contributed by atoms with Crippen LogP contribution in [0.15, 0.2) is 36.4 Å². The van der Waals surface area contributed by atoms with Gasteiger partial charge in [0.1, 0.15) is 5.15 Å². The van der Waals surface area contributed by atoms with Crippen molar-refractivity contribution in [1.82, 2.24) is 15.2 Å². The summed E-state index contributed by atoms with van der Waals surface area (Å²) in [4.78, 5) is 16.9. The second kappa shape index (κ2) is 6.98. The van der Waals surface area contributed by atoms with Crippen molar-refractivity contribution in [1.29, 1.82) is 0 Å². The molecule has 3 aromatic rings. The number of anilines is 1. The maximum Gasteiger partial charge on any atom is 0.233 e. The van der Waals surface area contributed by atoms with Gasteiger partial charge in [0.05, 0.1) is 17.1 Å². The summed E-state index contributed by atoms with van der Waals surface area (Å²) < 4.78 is 0. The molecule has 0 aliphatic carbocycles. The number of amides is 1. The monoisotopic (exact) mass is 343 g/mol. The number of H-pyrrole nitrogens is 1. The molecule has 6 nitrogen and oxygen atoms in total. The Labute approximate surface area is 144 Å². The quantitative estimate of drug-likeness (QED) is 0.620. The summed E-state index contributed by atoms with van der Waals surface area (Å²) >= 11 is 5.94. The standard InChI is InChI=1S/C17H18ClN5O/c1-10-13-9-11(5-6-15(13)23-22-10)20-17(24)12(7-8-19)14-3-2-4-16(18)21-14/h2-6,9,12H,7-8,19H2,1H3,(H,20,24)(H,22,23). The van der Waals surface area contributed by atoms with Crippen molar-refractivity contribution in [2.24, 2.45) is 5.73 Å². The number of aromatic amines is 1. The lowest BCUT2D eigenvalue weighted by Crippen LogP contribution is -2.24. The van der Waals surface area contributed by atoms with Crippen LogP contribution >= 0.6 is 11.6 Å². The van der Waals surface area contributed by atoms with Gasteiger partial charge in [-0.25, -0.2) is 4.98 Å². The number of aryl methyl sites for hydroxylation is 1. The highest BCUT2D eigenvalue weighted by Crippen LogP contribution is 2.24. The van der Waals surface area contributed by atoms with Gasteiger partial charge < -0.3 is 11.1 Å². The smallest absolute Gasteiger partial charge is 0.233 e. The van der Waals surface area contributed by atoms with Crippen molar-refractivity contribution in [3.63, 3.8) is 0 Å². The average Bonchev–Trinajstić information content (AvgIpc) is 2.93. The third-order valence-electron chi connectivity index (χ3n) is 3.88. The van der Waals surface area contributed by atoms with E-state index in [1.165, 1.54) is 0 Å². The highest BCUT2D eigenvalue weighted by Gasteiger charge is 2.22. The van der Waals surface area contributed by atoms with Crippen LogP contribution in [0.4, 0.5) is 5.69 Å². The van der Waals surface area contributed by atoms with E-state index < -0.39 is 5.92 Å². The van der Waals surface area contributed by atoms with E-state index in [9.17, 15) is 4.79 Å². The van der Waals surface area contributed by atoms with Crippen LogP contribution in [0.2, 0.25) is 5.15 Å². The van der Waals surface area contributed by atoms with Crippen LogP contribution in [0, 0.1) is 6.92 Å². The van der Waals surface area contributed by atoms with Crippen LogP contribution in [0.1, 0.15) is 23.7 Å². The summed E-state index contributed by atoms with van der Waals surface area (Å²) in [5.41, 5.74) is 8.81. The van der Waals surface area contributed by atoms with E-state index in [0.717, 1.165) is 16.6 Å². The second-order valence-electron chi connectivity index (χ2n) is 5.58. The minimum absolute atomic E-state index is 0.157. The number of hydrogen-bond acceptors (Lipinski definition) is 4. The van der Waals surface area contributed by atoms with Crippen molar-refractivity contribution >= 4 is 34.1 Å². The number of rotatable bonds is 5. The van der Waals surface area contributed by atoms with Crippen LogP contribution in [0.25, 0.3) is 10.9 Å². The number of hydrogen-bond donors (Lipinski definition) is 3. The number of halogens is 1. The number of pyridine rings is 1. The van der Waals surface area contributed by atoms with E-state index in [1.807, 2.05) is 25.1 Å². The molecule has 2 aromatic heterocycles. The molecule has 0 radical (unpaired) electrons. The van der Waals surface area contributed by atoms with Crippen molar-refractivity contribution in [2.45, 2.75) is 19.3 Å². The van der Waals surface area contributed by atoms with Crippen LogP contribution in [0.5, 0.6) is 0 Å². The molecule has 3 rings (SSSR count). The molecule has 4 N–H and O–H groups in total. The second-order valence-corrected chi connectivity index (χ2v) is 5.97.